The molecule has 1 saturated heterocycles. The Hall–Kier alpha value is -2.41. The van der Waals surface area contributed by atoms with Crippen molar-refractivity contribution in [2.24, 2.45) is 24.8 Å². The predicted molar refractivity (Wildman–Crippen MR) is 122 cm³/mol. The van der Waals surface area contributed by atoms with Gasteiger partial charge in [0.15, 0.2) is 0 Å². The molecule has 0 spiro atoms. The van der Waals surface area contributed by atoms with Gasteiger partial charge in [-0.15, -0.1) is 0 Å². The van der Waals surface area contributed by atoms with E-state index in [0.29, 0.717) is 37.9 Å². The minimum Gasteiger partial charge on any atom is -0.352 e. The zero-order valence-electron chi connectivity index (χ0n) is 19.0. The van der Waals surface area contributed by atoms with E-state index in [1.54, 1.807) is 7.05 Å². The van der Waals surface area contributed by atoms with Crippen LogP contribution < -0.4 is 10.9 Å². The van der Waals surface area contributed by atoms with Crippen molar-refractivity contribution in [3.05, 3.63) is 45.4 Å². The molecule has 2 aliphatic carbocycles. The van der Waals surface area contributed by atoms with Gasteiger partial charge in [-0.25, -0.2) is 0 Å². The van der Waals surface area contributed by atoms with Gasteiger partial charge in [0.1, 0.15) is 5.56 Å². The van der Waals surface area contributed by atoms with Crippen LogP contribution in [0.15, 0.2) is 23.1 Å². The Morgan fingerprint density at radius 3 is 2.66 bits per heavy atom. The van der Waals surface area contributed by atoms with Crippen molar-refractivity contribution in [2.45, 2.75) is 45.1 Å². The number of aryl methyl sites for hydroxylation is 1. The molecule has 2 aliphatic heterocycles. The number of amides is 2. The van der Waals surface area contributed by atoms with E-state index in [-0.39, 0.29) is 28.9 Å². The fourth-order valence-corrected chi connectivity index (χ4v) is 6.11. The smallest absolute Gasteiger partial charge is 0.263 e. The average molecular weight is 439 g/mol. The number of likely N-dealkylation sites (tertiary alicyclic amines) is 1. The van der Waals surface area contributed by atoms with Crippen LogP contribution in [-0.2, 0) is 24.8 Å². The summed E-state index contributed by atoms with van der Waals surface area (Å²) in [5.41, 5.74) is 1.76. The lowest BCUT2D eigenvalue weighted by Gasteiger charge is -2.33. The summed E-state index contributed by atoms with van der Waals surface area (Å²) in [6.07, 6.45) is 12.3. The summed E-state index contributed by atoms with van der Waals surface area (Å²) in [4.78, 5) is 43.4. The zero-order chi connectivity index (χ0) is 22.2. The first-order valence-electron chi connectivity index (χ1n) is 12.2. The Labute approximate surface area is 189 Å². The summed E-state index contributed by atoms with van der Waals surface area (Å²) < 4.78 is 1.49. The number of hydrogen-bond donors (Lipinski definition) is 1. The third-order valence-corrected chi connectivity index (χ3v) is 7.84. The number of aromatic nitrogens is 1. The van der Waals surface area contributed by atoms with Crippen LogP contribution >= 0.6 is 0 Å². The number of nitrogens with zero attached hydrogens (tertiary/aromatic N) is 3. The van der Waals surface area contributed by atoms with Gasteiger partial charge in [-0.2, -0.15) is 0 Å². The van der Waals surface area contributed by atoms with Gasteiger partial charge < -0.3 is 19.7 Å². The van der Waals surface area contributed by atoms with E-state index in [0.717, 1.165) is 50.0 Å². The Kier molecular flexibility index (Phi) is 5.93. The van der Waals surface area contributed by atoms with E-state index in [4.69, 9.17) is 0 Å². The lowest BCUT2D eigenvalue weighted by molar-refractivity contribution is -0.137. The molecule has 2 amide bonds. The quantitative estimate of drug-likeness (QED) is 0.542. The molecule has 1 aromatic heterocycles. The predicted octanol–water partition coefficient (Wildman–Crippen LogP) is 1.70. The van der Waals surface area contributed by atoms with Crippen molar-refractivity contribution >= 4 is 11.8 Å². The summed E-state index contributed by atoms with van der Waals surface area (Å²) in [6.45, 7) is 4.91. The number of nitrogens with one attached hydrogen (secondary N) is 1. The van der Waals surface area contributed by atoms with Gasteiger partial charge in [0.05, 0.1) is 0 Å². The molecule has 3 atom stereocenters. The molecule has 2 bridgehead atoms. The molecule has 4 aliphatic rings. The van der Waals surface area contributed by atoms with Crippen molar-refractivity contribution in [3.63, 3.8) is 0 Å². The van der Waals surface area contributed by atoms with Crippen LogP contribution in [0.2, 0.25) is 0 Å². The topological polar surface area (TPSA) is 74.7 Å². The second kappa shape index (κ2) is 8.85. The highest BCUT2D eigenvalue weighted by Crippen LogP contribution is 2.44. The van der Waals surface area contributed by atoms with Gasteiger partial charge in [0, 0.05) is 38.8 Å². The summed E-state index contributed by atoms with van der Waals surface area (Å²) >= 11 is 0. The lowest BCUT2D eigenvalue weighted by Crippen LogP contribution is -2.43. The molecule has 32 heavy (non-hydrogen) atoms. The van der Waals surface area contributed by atoms with Crippen LogP contribution in [0.4, 0.5) is 0 Å². The van der Waals surface area contributed by atoms with Crippen molar-refractivity contribution in [2.75, 3.05) is 32.7 Å². The number of carbonyl (C=O) groups excluding carboxylic acids is 2. The Morgan fingerprint density at radius 1 is 1.12 bits per heavy atom. The summed E-state index contributed by atoms with van der Waals surface area (Å²) in [7, 11) is 1.69. The molecule has 0 radical (unpaired) electrons. The first-order chi connectivity index (χ1) is 15.5. The molecule has 5 rings (SSSR count). The van der Waals surface area contributed by atoms with Crippen LogP contribution in [0, 0.1) is 17.8 Å². The van der Waals surface area contributed by atoms with E-state index >= 15 is 0 Å². The van der Waals surface area contributed by atoms with Crippen molar-refractivity contribution in [3.8, 4) is 0 Å². The molecule has 1 N–H and O–H groups in total. The molecule has 2 fully saturated rings. The second-order valence-electron chi connectivity index (χ2n) is 9.98. The van der Waals surface area contributed by atoms with Gasteiger partial charge >= 0.3 is 0 Å². The average Bonchev–Trinajstić information content (AvgIpc) is 3.55. The molecule has 0 unspecified atom stereocenters. The monoisotopic (exact) mass is 438 g/mol. The van der Waals surface area contributed by atoms with Crippen molar-refractivity contribution < 1.29 is 9.59 Å². The highest BCUT2D eigenvalue weighted by Gasteiger charge is 2.42. The molecule has 7 heteroatoms. The molecule has 1 saturated carbocycles. The van der Waals surface area contributed by atoms with E-state index < -0.39 is 0 Å². The summed E-state index contributed by atoms with van der Waals surface area (Å²) in [5, 5.41) is 2.97. The standard InChI is InChI=1S/C25H34N4O3/c1-27-15-19-16-29(24(31)21-14-17-5-6-18(21)13-17)12-7-20(19)22(25(27)32)23(30)26-8-4-11-28-9-2-3-10-28/h5-6,15,17-18,21H,2-4,7-14,16H2,1H3,(H,26,30)/t17-,18+,21-/m1/s1. The van der Waals surface area contributed by atoms with E-state index in [1.807, 2.05) is 11.1 Å². The molecule has 1 aromatic rings. The van der Waals surface area contributed by atoms with E-state index in [9.17, 15) is 14.4 Å². The molecular formula is C25H34N4O3. The van der Waals surface area contributed by atoms with Gasteiger partial charge in [0.2, 0.25) is 5.91 Å². The summed E-state index contributed by atoms with van der Waals surface area (Å²) in [5.74, 6) is 0.997. The maximum atomic E-state index is 13.2. The highest BCUT2D eigenvalue weighted by atomic mass is 16.2. The number of fused-ring (bicyclic) bond motifs is 3. The van der Waals surface area contributed by atoms with Crippen molar-refractivity contribution in [1.82, 2.24) is 19.7 Å². The molecule has 7 nitrogen and oxygen atoms in total. The number of carbonyl (C=O) groups is 2. The second-order valence-corrected chi connectivity index (χ2v) is 9.98. The Bertz CT molecular complexity index is 992. The Balaban J connectivity index is 1.26. The SMILES string of the molecule is Cn1cc2c(c(C(=O)NCCCN3CCCC3)c1=O)CCN(C(=O)[C@@H]1C[C@@H]3C=C[C@H]1C3)C2. The molecule has 172 valence electrons. The van der Waals surface area contributed by atoms with E-state index in [1.165, 1.54) is 17.4 Å². The number of hydrogen-bond acceptors (Lipinski definition) is 4. The van der Waals surface area contributed by atoms with Crippen molar-refractivity contribution in [1.29, 1.82) is 0 Å². The minimum absolute atomic E-state index is 0.0949. The molecular weight excluding hydrogens is 404 g/mol. The van der Waals surface area contributed by atoms with Gasteiger partial charge in [-0.3, -0.25) is 14.4 Å². The highest BCUT2D eigenvalue weighted by molar-refractivity contribution is 5.95. The number of pyridine rings is 1. The first-order valence-corrected chi connectivity index (χ1v) is 12.2. The molecule has 3 heterocycles. The fraction of sp³-hybridized carbons (Fsp3) is 0.640. The maximum Gasteiger partial charge on any atom is 0.263 e. The minimum atomic E-state index is -0.276. The van der Waals surface area contributed by atoms with Crippen LogP contribution in [0.25, 0.3) is 0 Å². The van der Waals surface area contributed by atoms with Crippen LogP contribution in [0.3, 0.4) is 0 Å². The molecule has 0 aromatic carbocycles. The lowest BCUT2D eigenvalue weighted by atomic mass is 9.90. The van der Waals surface area contributed by atoms with E-state index in [2.05, 4.69) is 22.4 Å². The van der Waals surface area contributed by atoms with Crippen LogP contribution in [-0.4, -0.2) is 58.9 Å². The number of rotatable bonds is 6. The third-order valence-electron chi connectivity index (χ3n) is 7.84. The summed E-state index contributed by atoms with van der Waals surface area (Å²) in [6, 6.07) is 0. The van der Waals surface area contributed by atoms with Crippen LogP contribution in [0.5, 0.6) is 0 Å². The fourth-order valence-electron chi connectivity index (χ4n) is 6.11. The van der Waals surface area contributed by atoms with Crippen LogP contribution in [0.1, 0.15) is 53.6 Å². The van der Waals surface area contributed by atoms with Gasteiger partial charge in [-0.05, 0) is 81.1 Å². The Morgan fingerprint density at radius 2 is 1.94 bits per heavy atom. The third kappa shape index (κ3) is 4.03. The number of allylic oxidation sites excluding steroid dienone is 2. The first kappa shape index (κ1) is 21.4. The largest absolute Gasteiger partial charge is 0.352 e. The zero-order valence-corrected chi connectivity index (χ0v) is 19.0. The van der Waals surface area contributed by atoms with Gasteiger partial charge in [0.25, 0.3) is 11.5 Å². The van der Waals surface area contributed by atoms with Gasteiger partial charge in [-0.1, -0.05) is 12.2 Å². The normalized spacial score (nSPS) is 26.5. The maximum absolute atomic E-state index is 13.2.